The molecule has 0 saturated heterocycles. The number of nitrogens with one attached hydrogen (secondary N) is 1. The van der Waals surface area contributed by atoms with E-state index in [1.165, 1.54) is 22.8 Å². The largest absolute Gasteiger partial charge is 0.467 e. The van der Waals surface area contributed by atoms with Crippen molar-refractivity contribution >= 4 is 17.4 Å². The van der Waals surface area contributed by atoms with Gasteiger partial charge in [0.05, 0.1) is 25.3 Å². The first-order chi connectivity index (χ1) is 12.9. The predicted molar refractivity (Wildman–Crippen MR) is 102 cm³/mol. The number of amides is 1. The molecule has 0 aliphatic rings. The Balaban J connectivity index is 2.52. The van der Waals surface area contributed by atoms with Gasteiger partial charge in [-0.25, -0.2) is 4.79 Å². The number of methoxy groups -OCH3 is 1. The molecule has 0 radical (unpaired) electrons. The molecule has 2 aromatic heterocycles. The molecule has 2 aromatic rings. The van der Waals surface area contributed by atoms with Crippen LogP contribution in [0.15, 0.2) is 32.4 Å². The quantitative estimate of drug-likeness (QED) is 0.681. The third kappa shape index (κ3) is 4.88. The van der Waals surface area contributed by atoms with Crippen LogP contribution in [0.5, 0.6) is 0 Å². The van der Waals surface area contributed by atoms with Crippen LogP contribution in [0.3, 0.4) is 0 Å². The summed E-state index contributed by atoms with van der Waals surface area (Å²) in [5.74, 6) is 0.0827. The second-order valence-corrected chi connectivity index (χ2v) is 6.31. The molecule has 0 aliphatic carbocycles. The number of carbonyl (C=O) groups excluding carboxylic acids is 1. The lowest BCUT2D eigenvalue weighted by molar-refractivity contribution is -0.120. The number of unbranched alkanes of at least 4 members (excludes halogenated alkanes) is 1. The monoisotopic (exact) mass is 378 g/mol. The second-order valence-electron chi connectivity index (χ2n) is 6.31. The van der Waals surface area contributed by atoms with Crippen molar-refractivity contribution in [2.24, 2.45) is 0 Å². The molecule has 9 heteroatoms. The summed E-state index contributed by atoms with van der Waals surface area (Å²) in [6, 6.07) is 3.38. The van der Waals surface area contributed by atoms with Gasteiger partial charge in [0.2, 0.25) is 5.91 Å². The van der Waals surface area contributed by atoms with Crippen LogP contribution in [-0.2, 0) is 22.6 Å². The summed E-state index contributed by atoms with van der Waals surface area (Å²) in [7, 11) is 1.50. The highest BCUT2D eigenvalue weighted by Gasteiger charge is 2.26. The smallest absolute Gasteiger partial charge is 0.330 e. The SMILES string of the molecule is CCCCn1c(N)c(N(Cc2ccco2)C(=O)CC(C)OC)c(=O)[nH]c1=O. The minimum Gasteiger partial charge on any atom is -0.467 e. The zero-order valence-electron chi connectivity index (χ0n) is 15.9. The molecule has 0 bridgehead atoms. The van der Waals surface area contributed by atoms with Crippen LogP contribution in [-0.4, -0.2) is 28.7 Å². The lowest BCUT2D eigenvalue weighted by atomic mass is 10.2. The van der Waals surface area contributed by atoms with Gasteiger partial charge in [-0.3, -0.25) is 24.0 Å². The van der Waals surface area contributed by atoms with Crippen molar-refractivity contribution in [1.82, 2.24) is 9.55 Å². The molecular weight excluding hydrogens is 352 g/mol. The van der Waals surface area contributed by atoms with E-state index in [1.54, 1.807) is 19.1 Å². The molecular formula is C18H26N4O5. The average Bonchev–Trinajstić information content (AvgIpc) is 3.13. The first-order valence-corrected chi connectivity index (χ1v) is 8.87. The summed E-state index contributed by atoms with van der Waals surface area (Å²) in [6.07, 6.45) is 2.74. The Morgan fingerprint density at radius 2 is 2.19 bits per heavy atom. The van der Waals surface area contributed by atoms with Gasteiger partial charge in [-0.15, -0.1) is 0 Å². The fraction of sp³-hybridized carbons (Fsp3) is 0.500. The van der Waals surface area contributed by atoms with Crippen molar-refractivity contribution in [3.63, 3.8) is 0 Å². The van der Waals surface area contributed by atoms with Crippen molar-refractivity contribution < 1.29 is 13.9 Å². The van der Waals surface area contributed by atoms with Crippen molar-refractivity contribution in [3.05, 3.63) is 45.0 Å². The van der Waals surface area contributed by atoms with Crippen molar-refractivity contribution in [2.75, 3.05) is 17.7 Å². The summed E-state index contributed by atoms with van der Waals surface area (Å²) in [5.41, 5.74) is 4.78. The number of anilines is 2. The Kier molecular flexibility index (Phi) is 7.00. The lowest BCUT2D eigenvalue weighted by Gasteiger charge is -2.24. The van der Waals surface area contributed by atoms with Crippen molar-refractivity contribution in [1.29, 1.82) is 0 Å². The number of H-pyrrole nitrogens is 1. The van der Waals surface area contributed by atoms with E-state index in [4.69, 9.17) is 14.9 Å². The predicted octanol–water partition coefficient (Wildman–Crippen LogP) is 1.47. The van der Waals surface area contributed by atoms with E-state index in [0.29, 0.717) is 18.7 Å². The van der Waals surface area contributed by atoms with Crippen LogP contribution >= 0.6 is 0 Å². The number of hydrogen-bond donors (Lipinski definition) is 2. The summed E-state index contributed by atoms with van der Waals surface area (Å²) in [6.45, 7) is 4.09. The minimum atomic E-state index is -0.713. The Labute approximate surface area is 156 Å². The number of nitrogens with two attached hydrogens (primary N) is 1. The van der Waals surface area contributed by atoms with E-state index >= 15 is 0 Å². The number of rotatable bonds is 9. The zero-order chi connectivity index (χ0) is 20.0. The van der Waals surface area contributed by atoms with E-state index in [9.17, 15) is 14.4 Å². The van der Waals surface area contributed by atoms with E-state index in [2.05, 4.69) is 4.98 Å². The molecule has 148 valence electrons. The summed E-state index contributed by atoms with van der Waals surface area (Å²) >= 11 is 0. The van der Waals surface area contributed by atoms with Crippen LogP contribution in [0.4, 0.5) is 11.5 Å². The van der Waals surface area contributed by atoms with Gasteiger partial charge < -0.3 is 14.9 Å². The molecule has 2 heterocycles. The number of ether oxygens (including phenoxy) is 1. The number of hydrogen-bond acceptors (Lipinski definition) is 6. The number of nitrogens with zero attached hydrogens (tertiary/aromatic N) is 2. The summed E-state index contributed by atoms with van der Waals surface area (Å²) < 4.78 is 11.8. The van der Waals surface area contributed by atoms with Gasteiger partial charge in [0.25, 0.3) is 5.56 Å². The van der Waals surface area contributed by atoms with E-state index in [-0.39, 0.29) is 36.5 Å². The first-order valence-electron chi connectivity index (χ1n) is 8.87. The highest BCUT2D eigenvalue weighted by atomic mass is 16.5. The lowest BCUT2D eigenvalue weighted by Crippen LogP contribution is -2.41. The molecule has 27 heavy (non-hydrogen) atoms. The van der Waals surface area contributed by atoms with Crippen molar-refractivity contribution in [2.45, 2.75) is 52.3 Å². The third-order valence-electron chi connectivity index (χ3n) is 4.28. The molecule has 2 rings (SSSR count). The van der Waals surface area contributed by atoms with Crippen LogP contribution in [0, 0.1) is 0 Å². The Bertz CT molecular complexity index is 869. The van der Waals surface area contributed by atoms with Gasteiger partial charge >= 0.3 is 5.69 Å². The summed E-state index contributed by atoms with van der Waals surface area (Å²) in [4.78, 5) is 41.0. The topological polar surface area (TPSA) is 124 Å². The molecule has 3 N–H and O–H groups in total. The van der Waals surface area contributed by atoms with Crippen molar-refractivity contribution in [3.8, 4) is 0 Å². The summed E-state index contributed by atoms with van der Waals surface area (Å²) in [5, 5.41) is 0. The highest BCUT2D eigenvalue weighted by Crippen LogP contribution is 2.21. The number of nitrogen functional groups attached to an aromatic ring is 1. The van der Waals surface area contributed by atoms with Crippen LogP contribution in [0.2, 0.25) is 0 Å². The highest BCUT2D eigenvalue weighted by molar-refractivity contribution is 5.95. The maximum absolute atomic E-state index is 12.9. The normalized spacial score (nSPS) is 12.1. The molecule has 0 spiro atoms. The molecule has 0 fully saturated rings. The van der Waals surface area contributed by atoms with E-state index in [1.807, 2.05) is 6.92 Å². The number of carbonyl (C=O) groups is 1. The van der Waals surface area contributed by atoms with Gasteiger partial charge in [0.15, 0.2) is 5.69 Å². The standard InChI is InChI=1S/C18H26N4O5/c1-4-5-8-21-16(19)15(17(24)20-18(21)25)22(11-13-7-6-9-27-13)14(23)10-12(2)26-3/h6-7,9,12H,4-5,8,10-11,19H2,1-3H3,(H,20,24,25). The van der Waals surface area contributed by atoms with Gasteiger partial charge in [0, 0.05) is 13.7 Å². The zero-order valence-corrected chi connectivity index (χ0v) is 15.9. The molecule has 1 unspecified atom stereocenters. The molecule has 1 amide bonds. The third-order valence-corrected chi connectivity index (χ3v) is 4.28. The van der Waals surface area contributed by atoms with Crippen LogP contribution in [0.25, 0.3) is 0 Å². The van der Waals surface area contributed by atoms with Gasteiger partial charge in [0.1, 0.15) is 11.6 Å². The average molecular weight is 378 g/mol. The minimum absolute atomic E-state index is 0.0154. The number of aromatic nitrogens is 2. The fourth-order valence-corrected chi connectivity index (χ4v) is 2.67. The molecule has 1 atom stereocenters. The van der Waals surface area contributed by atoms with Crippen LogP contribution < -0.4 is 21.9 Å². The Morgan fingerprint density at radius 1 is 1.44 bits per heavy atom. The Morgan fingerprint density at radius 3 is 2.78 bits per heavy atom. The maximum atomic E-state index is 12.9. The Hall–Kier alpha value is -2.81. The molecule has 0 aliphatic heterocycles. The number of furan rings is 1. The van der Waals surface area contributed by atoms with E-state index in [0.717, 1.165) is 6.42 Å². The second kappa shape index (κ2) is 9.22. The fourth-order valence-electron chi connectivity index (χ4n) is 2.67. The number of aromatic amines is 1. The molecule has 9 nitrogen and oxygen atoms in total. The molecule has 0 aromatic carbocycles. The van der Waals surface area contributed by atoms with Gasteiger partial charge in [-0.1, -0.05) is 13.3 Å². The van der Waals surface area contributed by atoms with Crippen LogP contribution in [0.1, 0.15) is 38.9 Å². The molecule has 0 saturated carbocycles. The maximum Gasteiger partial charge on any atom is 0.330 e. The van der Waals surface area contributed by atoms with E-state index < -0.39 is 11.2 Å². The first kappa shape index (κ1) is 20.5. The van der Waals surface area contributed by atoms with Gasteiger partial charge in [-0.2, -0.15) is 0 Å². The van der Waals surface area contributed by atoms with Gasteiger partial charge in [-0.05, 0) is 25.5 Å².